The van der Waals surface area contributed by atoms with Crippen molar-refractivity contribution in [3.05, 3.63) is 11.8 Å². The van der Waals surface area contributed by atoms with Gasteiger partial charge in [0.05, 0.1) is 11.7 Å². The number of fused-ring (bicyclic) bond motifs is 1. The number of aromatic nitrogens is 2. The SMILES string of the molecule is CC(C)CCc1cc2n(n1)C(C(C)(C)C)CCN2. The summed E-state index contributed by atoms with van der Waals surface area (Å²) < 4.78 is 2.22. The number of nitrogens with zero attached hydrogens (tertiary/aromatic N) is 2. The molecule has 102 valence electrons. The first-order chi connectivity index (χ1) is 8.38. The Bertz CT molecular complexity index is 398. The number of nitrogens with one attached hydrogen (secondary N) is 1. The van der Waals surface area contributed by atoms with E-state index in [1.54, 1.807) is 0 Å². The summed E-state index contributed by atoms with van der Waals surface area (Å²) in [6, 6.07) is 2.75. The van der Waals surface area contributed by atoms with Crippen LogP contribution in [0.4, 0.5) is 5.82 Å². The first-order valence-electron chi connectivity index (χ1n) is 7.20. The monoisotopic (exact) mass is 249 g/mol. The van der Waals surface area contributed by atoms with Crippen molar-refractivity contribution in [2.75, 3.05) is 11.9 Å². The van der Waals surface area contributed by atoms with Crippen LogP contribution in [0.25, 0.3) is 0 Å². The van der Waals surface area contributed by atoms with Gasteiger partial charge in [-0.2, -0.15) is 5.10 Å². The number of hydrogen-bond acceptors (Lipinski definition) is 2. The highest BCUT2D eigenvalue weighted by Gasteiger charge is 2.31. The summed E-state index contributed by atoms with van der Waals surface area (Å²) in [5, 5.41) is 8.30. The van der Waals surface area contributed by atoms with Gasteiger partial charge in [-0.25, -0.2) is 4.68 Å². The van der Waals surface area contributed by atoms with Gasteiger partial charge in [0.1, 0.15) is 5.82 Å². The molecule has 1 unspecified atom stereocenters. The molecule has 0 fully saturated rings. The molecule has 0 aliphatic carbocycles. The summed E-state index contributed by atoms with van der Waals surface area (Å²) in [6.07, 6.45) is 3.48. The second-order valence-electron chi connectivity index (χ2n) is 7.00. The summed E-state index contributed by atoms with van der Waals surface area (Å²) >= 11 is 0. The summed E-state index contributed by atoms with van der Waals surface area (Å²) in [4.78, 5) is 0. The third kappa shape index (κ3) is 2.88. The average Bonchev–Trinajstić information content (AvgIpc) is 2.66. The van der Waals surface area contributed by atoms with Crippen molar-refractivity contribution in [3.8, 4) is 0 Å². The van der Waals surface area contributed by atoms with E-state index in [9.17, 15) is 0 Å². The van der Waals surface area contributed by atoms with Crippen molar-refractivity contribution in [2.24, 2.45) is 11.3 Å². The number of rotatable bonds is 3. The maximum absolute atomic E-state index is 4.82. The first kappa shape index (κ1) is 13.4. The van der Waals surface area contributed by atoms with Gasteiger partial charge in [0.15, 0.2) is 0 Å². The summed E-state index contributed by atoms with van der Waals surface area (Å²) in [5.74, 6) is 1.95. The Morgan fingerprint density at radius 1 is 1.44 bits per heavy atom. The fourth-order valence-electron chi connectivity index (χ4n) is 2.63. The van der Waals surface area contributed by atoms with Gasteiger partial charge in [0.2, 0.25) is 0 Å². The second kappa shape index (κ2) is 4.94. The molecule has 1 aromatic rings. The zero-order valence-electron chi connectivity index (χ0n) is 12.5. The minimum absolute atomic E-state index is 0.276. The maximum Gasteiger partial charge on any atom is 0.124 e. The third-order valence-electron chi connectivity index (χ3n) is 3.78. The van der Waals surface area contributed by atoms with Crippen LogP contribution in [0.15, 0.2) is 6.07 Å². The molecular formula is C15H27N3. The molecule has 1 N–H and O–H groups in total. The lowest BCUT2D eigenvalue weighted by atomic mass is 9.84. The molecule has 0 saturated carbocycles. The Kier molecular flexibility index (Phi) is 3.69. The Labute approximate surface area is 111 Å². The third-order valence-corrected chi connectivity index (χ3v) is 3.78. The van der Waals surface area contributed by atoms with Crippen LogP contribution >= 0.6 is 0 Å². The predicted molar refractivity (Wildman–Crippen MR) is 77.0 cm³/mol. The normalized spacial score (nSPS) is 19.8. The van der Waals surface area contributed by atoms with Gasteiger partial charge in [0, 0.05) is 12.6 Å². The van der Waals surface area contributed by atoms with E-state index in [1.165, 1.54) is 24.4 Å². The Morgan fingerprint density at radius 3 is 2.78 bits per heavy atom. The molecule has 3 heteroatoms. The van der Waals surface area contributed by atoms with Gasteiger partial charge in [0.25, 0.3) is 0 Å². The molecule has 1 atom stereocenters. The van der Waals surface area contributed by atoms with Crippen molar-refractivity contribution >= 4 is 5.82 Å². The van der Waals surface area contributed by atoms with E-state index in [0.29, 0.717) is 6.04 Å². The van der Waals surface area contributed by atoms with E-state index in [1.807, 2.05) is 0 Å². The predicted octanol–water partition coefficient (Wildman–Crippen LogP) is 3.87. The molecule has 0 bridgehead atoms. The number of hydrogen-bond donors (Lipinski definition) is 1. The van der Waals surface area contributed by atoms with E-state index >= 15 is 0 Å². The van der Waals surface area contributed by atoms with Crippen molar-refractivity contribution in [3.63, 3.8) is 0 Å². The van der Waals surface area contributed by atoms with E-state index in [4.69, 9.17) is 5.10 Å². The van der Waals surface area contributed by atoms with Crippen LogP contribution in [0.2, 0.25) is 0 Å². The molecule has 2 rings (SSSR count). The molecule has 0 saturated heterocycles. The highest BCUT2D eigenvalue weighted by atomic mass is 15.4. The molecule has 0 radical (unpaired) electrons. The Balaban J connectivity index is 2.18. The van der Waals surface area contributed by atoms with Crippen LogP contribution in [0.5, 0.6) is 0 Å². The summed E-state index contributed by atoms with van der Waals surface area (Å²) in [5.41, 5.74) is 1.51. The van der Waals surface area contributed by atoms with Gasteiger partial charge in [-0.3, -0.25) is 0 Å². The van der Waals surface area contributed by atoms with Crippen molar-refractivity contribution < 1.29 is 0 Å². The Morgan fingerprint density at radius 2 is 2.17 bits per heavy atom. The molecule has 0 amide bonds. The highest BCUT2D eigenvalue weighted by molar-refractivity contribution is 5.39. The molecule has 18 heavy (non-hydrogen) atoms. The summed E-state index contributed by atoms with van der Waals surface area (Å²) in [7, 11) is 0. The van der Waals surface area contributed by atoms with Gasteiger partial charge in [-0.05, 0) is 30.6 Å². The summed E-state index contributed by atoms with van der Waals surface area (Å²) in [6.45, 7) is 12.5. The lowest BCUT2D eigenvalue weighted by molar-refractivity contribution is 0.209. The molecule has 0 spiro atoms. The standard InChI is InChI=1S/C15H27N3/c1-11(2)6-7-12-10-14-16-9-8-13(15(3,4)5)18(14)17-12/h10-11,13,16H,6-9H2,1-5H3. The molecular weight excluding hydrogens is 222 g/mol. The molecule has 0 aromatic carbocycles. The second-order valence-corrected chi connectivity index (χ2v) is 7.00. The zero-order chi connectivity index (χ0) is 13.3. The zero-order valence-corrected chi connectivity index (χ0v) is 12.5. The van der Waals surface area contributed by atoms with Crippen LogP contribution in [0, 0.1) is 11.3 Å². The number of aryl methyl sites for hydroxylation is 1. The Hall–Kier alpha value is -0.990. The lowest BCUT2D eigenvalue weighted by Crippen LogP contribution is -2.32. The fourth-order valence-corrected chi connectivity index (χ4v) is 2.63. The van der Waals surface area contributed by atoms with Crippen LogP contribution < -0.4 is 5.32 Å². The average molecular weight is 249 g/mol. The minimum Gasteiger partial charge on any atom is -0.370 e. The molecule has 1 aliphatic heterocycles. The smallest absolute Gasteiger partial charge is 0.124 e. The number of anilines is 1. The van der Waals surface area contributed by atoms with E-state index < -0.39 is 0 Å². The van der Waals surface area contributed by atoms with Gasteiger partial charge >= 0.3 is 0 Å². The lowest BCUT2D eigenvalue weighted by Gasteiger charge is -2.35. The fraction of sp³-hybridized carbons (Fsp3) is 0.800. The quantitative estimate of drug-likeness (QED) is 0.881. The molecule has 1 aliphatic rings. The van der Waals surface area contributed by atoms with Crippen LogP contribution in [-0.4, -0.2) is 16.3 Å². The van der Waals surface area contributed by atoms with Gasteiger partial charge < -0.3 is 5.32 Å². The minimum atomic E-state index is 0.276. The van der Waals surface area contributed by atoms with Crippen LogP contribution in [-0.2, 0) is 6.42 Å². The largest absolute Gasteiger partial charge is 0.370 e. The first-order valence-corrected chi connectivity index (χ1v) is 7.20. The maximum atomic E-state index is 4.82. The highest BCUT2D eigenvalue weighted by Crippen LogP contribution is 2.37. The topological polar surface area (TPSA) is 29.9 Å². The van der Waals surface area contributed by atoms with Gasteiger partial charge in [-0.15, -0.1) is 0 Å². The van der Waals surface area contributed by atoms with E-state index in [-0.39, 0.29) is 5.41 Å². The van der Waals surface area contributed by atoms with Crippen LogP contribution in [0.1, 0.15) is 59.2 Å². The van der Waals surface area contributed by atoms with Crippen molar-refractivity contribution in [2.45, 2.75) is 59.9 Å². The van der Waals surface area contributed by atoms with Crippen molar-refractivity contribution in [1.82, 2.24) is 9.78 Å². The van der Waals surface area contributed by atoms with E-state index in [0.717, 1.165) is 18.9 Å². The van der Waals surface area contributed by atoms with Crippen LogP contribution in [0.3, 0.4) is 0 Å². The van der Waals surface area contributed by atoms with Gasteiger partial charge in [-0.1, -0.05) is 34.6 Å². The van der Waals surface area contributed by atoms with E-state index in [2.05, 4.69) is 50.7 Å². The molecule has 1 aromatic heterocycles. The molecule has 3 nitrogen and oxygen atoms in total. The van der Waals surface area contributed by atoms with Crippen molar-refractivity contribution in [1.29, 1.82) is 0 Å². The molecule has 2 heterocycles.